The van der Waals surface area contributed by atoms with Crippen LogP contribution in [0, 0.1) is 13.8 Å². The molecule has 0 fully saturated rings. The highest BCUT2D eigenvalue weighted by atomic mass is 16.5. The quantitative estimate of drug-likeness (QED) is 0.490. The molecule has 4 aromatic rings. The van der Waals surface area contributed by atoms with Crippen LogP contribution in [0.2, 0.25) is 0 Å². The lowest BCUT2D eigenvalue weighted by Gasteiger charge is -2.16. The van der Waals surface area contributed by atoms with Gasteiger partial charge in [-0.3, -0.25) is 9.59 Å². The normalized spacial score (nSPS) is 13.2. The molecule has 1 aliphatic heterocycles. The van der Waals surface area contributed by atoms with E-state index in [1.165, 1.54) is 13.3 Å². The largest absolute Gasteiger partial charge is 0.495 e. The Hall–Kier alpha value is -4.00. The number of methoxy groups -OCH3 is 1. The molecule has 148 valence electrons. The predicted octanol–water partition coefficient (Wildman–Crippen LogP) is 3.85. The summed E-state index contributed by atoms with van der Waals surface area (Å²) >= 11 is 0. The average molecular weight is 398 g/mol. The van der Waals surface area contributed by atoms with E-state index in [0.717, 1.165) is 16.2 Å². The van der Waals surface area contributed by atoms with E-state index in [0.29, 0.717) is 33.7 Å². The van der Waals surface area contributed by atoms with E-state index in [9.17, 15) is 9.59 Å². The number of para-hydroxylation sites is 3. The van der Waals surface area contributed by atoms with Crippen LogP contribution in [-0.2, 0) is 0 Å². The zero-order valence-electron chi connectivity index (χ0n) is 16.7. The molecule has 0 bridgehead atoms. The lowest BCUT2D eigenvalue weighted by Crippen LogP contribution is -2.29. The van der Waals surface area contributed by atoms with Crippen LogP contribution in [0.1, 0.15) is 32.0 Å². The fourth-order valence-electron chi connectivity index (χ4n) is 3.96. The highest BCUT2D eigenvalue weighted by molar-refractivity contribution is 6.37. The van der Waals surface area contributed by atoms with Crippen molar-refractivity contribution in [3.63, 3.8) is 0 Å². The minimum absolute atomic E-state index is 0.269. The Balaban J connectivity index is 1.74. The zero-order chi connectivity index (χ0) is 21.0. The van der Waals surface area contributed by atoms with Gasteiger partial charge in [0, 0.05) is 6.20 Å². The molecule has 5 rings (SSSR count). The van der Waals surface area contributed by atoms with Gasteiger partial charge in [0.1, 0.15) is 5.75 Å². The molecule has 0 saturated carbocycles. The number of fused-ring (bicyclic) bond motifs is 3. The summed E-state index contributed by atoms with van der Waals surface area (Å²) in [6, 6.07) is 14.8. The summed E-state index contributed by atoms with van der Waals surface area (Å²) < 4.78 is 7.09. The topological polar surface area (TPSA) is 77.3 Å². The molecular formula is C23H18N4O3. The predicted molar refractivity (Wildman–Crippen MR) is 112 cm³/mol. The molecule has 2 aromatic heterocycles. The molecule has 7 nitrogen and oxygen atoms in total. The van der Waals surface area contributed by atoms with Gasteiger partial charge in [0.15, 0.2) is 5.65 Å². The van der Waals surface area contributed by atoms with Gasteiger partial charge < -0.3 is 4.74 Å². The van der Waals surface area contributed by atoms with Crippen LogP contribution in [0.15, 0.2) is 54.7 Å². The van der Waals surface area contributed by atoms with Crippen LogP contribution < -0.4 is 9.64 Å². The molecule has 0 aliphatic carbocycles. The third-order valence-electron chi connectivity index (χ3n) is 5.39. The number of aryl methyl sites for hydroxylation is 2. The molecule has 1 aliphatic rings. The number of carbonyl (C=O) groups is 2. The van der Waals surface area contributed by atoms with Crippen molar-refractivity contribution in [3.8, 4) is 11.4 Å². The molecule has 2 amide bonds. The second-order valence-corrected chi connectivity index (χ2v) is 7.15. The molecule has 7 heteroatoms. The van der Waals surface area contributed by atoms with Crippen LogP contribution in [0.25, 0.3) is 16.7 Å². The van der Waals surface area contributed by atoms with Gasteiger partial charge in [-0.1, -0.05) is 30.3 Å². The maximum absolute atomic E-state index is 13.4. The Kier molecular flexibility index (Phi) is 3.92. The van der Waals surface area contributed by atoms with Crippen molar-refractivity contribution in [3.05, 3.63) is 77.1 Å². The van der Waals surface area contributed by atoms with Crippen molar-refractivity contribution in [2.45, 2.75) is 13.8 Å². The molecule has 0 N–H and O–H groups in total. The summed E-state index contributed by atoms with van der Waals surface area (Å²) in [6.07, 6.45) is 1.46. The van der Waals surface area contributed by atoms with Crippen LogP contribution in [0.4, 0.5) is 5.69 Å². The van der Waals surface area contributed by atoms with E-state index < -0.39 is 11.8 Å². The van der Waals surface area contributed by atoms with E-state index in [4.69, 9.17) is 4.74 Å². The van der Waals surface area contributed by atoms with Gasteiger partial charge in [0.2, 0.25) is 0 Å². The third-order valence-corrected chi connectivity index (χ3v) is 5.39. The summed E-state index contributed by atoms with van der Waals surface area (Å²) in [6.45, 7) is 3.81. The second kappa shape index (κ2) is 6.52. The van der Waals surface area contributed by atoms with Crippen LogP contribution >= 0.6 is 0 Å². The van der Waals surface area contributed by atoms with Crippen LogP contribution in [0.5, 0.6) is 5.75 Å². The van der Waals surface area contributed by atoms with Gasteiger partial charge in [-0.15, -0.1) is 0 Å². The Labute approximate surface area is 172 Å². The number of amides is 2. The smallest absolute Gasteiger partial charge is 0.267 e. The molecule has 2 aromatic carbocycles. The van der Waals surface area contributed by atoms with E-state index in [2.05, 4.69) is 10.1 Å². The van der Waals surface area contributed by atoms with Gasteiger partial charge in [-0.2, -0.15) is 5.10 Å². The van der Waals surface area contributed by atoms with Crippen molar-refractivity contribution < 1.29 is 14.3 Å². The van der Waals surface area contributed by atoms with Gasteiger partial charge in [-0.05, 0) is 37.6 Å². The minimum atomic E-state index is -0.419. The van der Waals surface area contributed by atoms with Gasteiger partial charge in [0.25, 0.3) is 11.8 Å². The van der Waals surface area contributed by atoms with Gasteiger partial charge in [-0.25, -0.2) is 14.6 Å². The fraction of sp³-hybridized carbons (Fsp3) is 0.130. The van der Waals surface area contributed by atoms with Crippen LogP contribution in [-0.4, -0.2) is 33.7 Å². The standard InChI is InChI=1S/C23H18N4O3/c1-13-8-4-5-9-16(13)27-21-19(14(2)25-27)20-15(12-24-21)22(28)26(23(20)29)17-10-6-7-11-18(17)30-3/h4-12H,1-3H3. The molecular weight excluding hydrogens is 380 g/mol. The molecule has 0 saturated heterocycles. The summed E-state index contributed by atoms with van der Waals surface area (Å²) in [5, 5.41) is 5.23. The number of imide groups is 1. The lowest BCUT2D eigenvalue weighted by atomic mass is 10.1. The zero-order valence-corrected chi connectivity index (χ0v) is 16.7. The first-order chi connectivity index (χ1) is 14.5. The van der Waals surface area contributed by atoms with Gasteiger partial charge >= 0.3 is 0 Å². The van der Waals surface area contributed by atoms with Crippen molar-refractivity contribution >= 4 is 28.5 Å². The van der Waals surface area contributed by atoms with Crippen molar-refractivity contribution in [2.75, 3.05) is 12.0 Å². The Morgan fingerprint density at radius 1 is 0.900 bits per heavy atom. The molecule has 3 heterocycles. The summed E-state index contributed by atoms with van der Waals surface area (Å²) in [5.74, 6) is -0.375. The molecule has 0 radical (unpaired) electrons. The number of anilines is 1. The molecule has 0 atom stereocenters. The average Bonchev–Trinajstić information content (AvgIpc) is 3.22. The van der Waals surface area contributed by atoms with E-state index in [-0.39, 0.29) is 5.56 Å². The number of ether oxygens (including phenoxy) is 1. The van der Waals surface area contributed by atoms with Gasteiger partial charge in [0.05, 0.1) is 40.7 Å². The first-order valence-corrected chi connectivity index (χ1v) is 9.49. The number of aromatic nitrogens is 3. The first kappa shape index (κ1) is 18.1. The SMILES string of the molecule is COc1ccccc1N1C(=O)c2cnc3c(c(C)nn3-c3ccccc3C)c2C1=O. The molecule has 0 unspecified atom stereocenters. The number of rotatable bonds is 3. The highest BCUT2D eigenvalue weighted by Gasteiger charge is 2.41. The maximum atomic E-state index is 13.4. The van der Waals surface area contributed by atoms with Crippen molar-refractivity contribution in [2.24, 2.45) is 0 Å². The monoisotopic (exact) mass is 398 g/mol. The van der Waals surface area contributed by atoms with Crippen LogP contribution in [0.3, 0.4) is 0 Å². The number of hydrogen-bond acceptors (Lipinski definition) is 5. The Bertz CT molecular complexity index is 1360. The molecule has 0 spiro atoms. The Morgan fingerprint density at radius 2 is 1.60 bits per heavy atom. The van der Waals surface area contributed by atoms with Crippen molar-refractivity contribution in [1.29, 1.82) is 0 Å². The third kappa shape index (κ3) is 2.38. The van der Waals surface area contributed by atoms with Crippen molar-refractivity contribution in [1.82, 2.24) is 14.8 Å². The minimum Gasteiger partial charge on any atom is -0.495 e. The summed E-state index contributed by atoms with van der Waals surface area (Å²) in [7, 11) is 1.51. The van der Waals surface area contributed by atoms with E-state index in [1.807, 2.05) is 38.1 Å². The van der Waals surface area contributed by atoms with E-state index >= 15 is 0 Å². The number of carbonyl (C=O) groups excluding carboxylic acids is 2. The van der Waals surface area contributed by atoms with E-state index in [1.54, 1.807) is 28.9 Å². The number of pyridine rings is 1. The second-order valence-electron chi connectivity index (χ2n) is 7.15. The maximum Gasteiger partial charge on any atom is 0.267 e. The lowest BCUT2D eigenvalue weighted by molar-refractivity contribution is 0.0925. The number of benzene rings is 2. The molecule has 30 heavy (non-hydrogen) atoms. The number of hydrogen-bond donors (Lipinski definition) is 0. The fourth-order valence-corrected chi connectivity index (χ4v) is 3.96. The summed E-state index contributed by atoms with van der Waals surface area (Å²) in [5.41, 5.74) is 4.09. The number of nitrogens with zero attached hydrogens (tertiary/aromatic N) is 4. The summed E-state index contributed by atoms with van der Waals surface area (Å²) in [4.78, 5) is 32.2. The Morgan fingerprint density at radius 3 is 2.33 bits per heavy atom. The first-order valence-electron chi connectivity index (χ1n) is 9.49. The highest BCUT2D eigenvalue weighted by Crippen LogP contribution is 2.38.